The molecule has 3 rings (SSSR count). The third-order valence-corrected chi connectivity index (χ3v) is 5.65. The number of carbonyl (C=O) groups is 1. The van der Waals surface area contributed by atoms with Crippen LogP contribution in [0.4, 0.5) is 0 Å². The molecule has 0 amide bonds. The van der Waals surface area contributed by atoms with Gasteiger partial charge in [0.05, 0.1) is 11.4 Å². The molecule has 1 N–H and O–H groups in total. The molecule has 1 aliphatic rings. The lowest BCUT2D eigenvalue weighted by molar-refractivity contribution is -0.148. The number of ether oxygens (including phenoxy) is 3. The fraction of sp³-hybridized carbons (Fsp3) is 0.375. The highest BCUT2D eigenvalue weighted by molar-refractivity contribution is 5.72. The standard InChI is InChI=1S/C30H35NO5.C2H6/c1-4-10-27-22(6-3)14-15-24(31-27)21-35-26-18-16-25(17-19-26)34-20-23-12-8-7-9-13-28(23)36-29(11-5-2)30(32)33;1-2/h4,8-10,12-19,29H,5-7,11,20-21H2,1-3H3,(H,32,33);1-2H3/b10-4-;. The second-order valence-corrected chi connectivity index (χ2v) is 8.41. The molecule has 0 spiro atoms. The number of aryl methyl sites for hydroxylation is 1. The van der Waals surface area contributed by atoms with E-state index in [4.69, 9.17) is 19.2 Å². The Morgan fingerprint density at radius 1 is 1.00 bits per heavy atom. The van der Waals surface area contributed by atoms with E-state index in [1.165, 1.54) is 5.56 Å². The van der Waals surface area contributed by atoms with Gasteiger partial charge in [-0.15, -0.1) is 0 Å². The second-order valence-electron chi connectivity index (χ2n) is 8.41. The number of nitrogens with zero attached hydrogens (tertiary/aromatic N) is 1. The molecule has 0 radical (unpaired) electrons. The number of hydrogen-bond acceptors (Lipinski definition) is 5. The zero-order chi connectivity index (χ0) is 27.8. The lowest BCUT2D eigenvalue weighted by Crippen LogP contribution is -2.24. The van der Waals surface area contributed by atoms with Crippen LogP contribution >= 0.6 is 0 Å². The molecule has 1 aromatic heterocycles. The lowest BCUT2D eigenvalue weighted by Gasteiger charge is -2.17. The highest BCUT2D eigenvalue weighted by Crippen LogP contribution is 2.23. The van der Waals surface area contributed by atoms with Gasteiger partial charge in [-0.1, -0.05) is 64.5 Å². The van der Waals surface area contributed by atoms with Crippen molar-refractivity contribution in [3.05, 3.63) is 95.1 Å². The van der Waals surface area contributed by atoms with E-state index in [0.717, 1.165) is 42.0 Å². The molecule has 204 valence electrons. The molecule has 6 heteroatoms. The van der Waals surface area contributed by atoms with Crippen molar-refractivity contribution in [1.29, 1.82) is 0 Å². The number of rotatable bonds is 13. The van der Waals surface area contributed by atoms with E-state index in [2.05, 4.69) is 13.0 Å². The van der Waals surface area contributed by atoms with Gasteiger partial charge >= 0.3 is 5.97 Å². The average Bonchev–Trinajstić information content (AvgIpc) is 3.17. The van der Waals surface area contributed by atoms with Crippen molar-refractivity contribution in [3.63, 3.8) is 0 Å². The highest BCUT2D eigenvalue weighted by atomic mass is 16.5. The van der Waals surface area contributed by atoms with Crippen LogP contribution in [0.3, 0.4) is 0 Å². The largest absolute Gasteiger partial charge is 0.489 e. The Labute approximate surface area is 227 Å². The predicted octanol–water partition coefficient (Wildman–Crippen LogP) is 7.70. The minimum Gasteiger partial charge on any atom is -0.489 e. The van der Waals surface area contributed by atoms with E-state index < -0.39 is 12.1 Å². The summed E-state index contributed by atoms with van der Waals surface area (Å²) in [5, 5.41) is 9.46. The molecule has 0 bridgehead atoms. The Morgan fingerprint density at radius 3 is 2.26 bits per heavy atom. The fourth-order valence-corrected chi connectivity index (χ4v) is 3.71. The van der Waals surface area contributed by atoms with Gasteiger partial charge in [0, 0.05) is 5.57 Å². The van der Waals surface area contributed by atoms with Gasteiger partial charge in [0.25, 0.3) is 0 Å². The van der Waals surface area contributed by atoms with E-state index in [-0.39, 0.29) is 6.61 Å². The SMILES string of the molecule is C/C=C\c1nc(COc2ccc(OCC3=C(OC(CCC)C(=O)O)C=CCC=C3)cc2)ccc1CC.CC. The van der Waals surface area contributed by atoms with Crippen LogP contribution in [0.2, 0.25) is 0 Å². The summed E-state index contributed by atoms with van der Waals surface area (Å²) in [5.41, 5.74) is 3.86. The Balaban J connectivity index is 0.00000247. The summed E-state index contributed by atoms with van der Waals surface area (Å²) in [7, 11) is 0. The van der Waals surface area contributed by atoms with E-state index in [0.29, 0.717) is 24.5 Å². The third kappa shape index (κ3) is 9.58. The molecule has 0 saturated heterocycles. The Morgan fingerprint density at radius 2 is 1.66 bits per heavy atom. The summed E-state index contributed by atoms with van der Waals surface area (Å²) >= 11 is 0. The van der Waals surface area contributed by atoms with Gasteiger partial charge in [-0.05, 0) is 74.2 Å². The lowest BCUT2D eigenvalue weighted by atomic mass is 10.1. The molecule has 1 unspecified atom stereocenters. The van der Waals surface area contributed by atoms with Crippen molar-refractivity contribution in [1.82, 2.24) is 4.98 Å². The van der Waals surface area contributed by atoms with Crippen LogP contribution in [0.5, 0.6) is 11.5 Å². The second kappa shape index (κ2) is 16.8. The van der Waals surface area contributed by atoms with Crippen LogP contribution < -0.4 is 9.47 Å². The molecule has 0 aliphatic heterocycles. The smallest absolute Gasteiger partial charge is 0.344 e. The monoisotopic (exact) mass is 519 g/mol. The van der Waals surface area contributed by atoms with E-state index in [1.807, 2.05) is 94.5 Å². The highest BCUT2D eigenvalue weighted by Gasteiger charge is 2.20. The molecule has 0 fully saturated rings. The molecular weight excluding hydrogens is 478 g/mol. The van der Waals surface area contributed by atoms with Crippen LogP contribution in [-0.2, 0) is 22.6 Å². The zero-order valence-electron chi connectivity index (χ0n) is 23.3. The molecule has 1 aromatic carbocycles. The summed E-state index contributed by atoms with van der Waals surface area (Å²) in [6.07, 6.45) is 13.7. The van der Waals surface area contributed by atoms with Crippen molar-refractivity contribution in [2.24, 2.45) is 0 Å². The van der Waals surface area contributed by atoms with E-state index in [1.54, 1.807) is 0 Å². The topological polar surface area (TPSA) is 77.9 Å². The maximum atomic E-state index is 11.5. The van der Waals surface area contributed by atoms with Crippen LogP contribution in [0.25, 0.3) is 6.08 Å². The number of aromatic nitrogens is 1. The third-order valence-electron chi connectivity index (χ3n) is 5.65. The van der Waals surface area contributed by atoms with Gasteiger partial charge in [0.2, 0.25) is 0 Å². The molecule has 1 aliphatic carbocycles. The number of aliphatic carboxylic acids is 1. The first kappa shape index (κ1) is 30.4. The van der Waals surface area contributed by atoms with Crippen molar-refractivity contribution in [2.45, 2.75) is 73.0 Å². The van der Waals surface area contributed by atoms with Gasteiger partial charge in [-0.2, -0.15) is 0 Å². The summed E-state index contributed by atoms with van der Waals surface area (Å²) in [6, 6.07) is 11.5. The van der Waals surface area contributed by atoms with Gasteiger partial charge in [0.15, 0.2) is 6.10 Å². The first-order chi connectivity index (χ1) is 18.5. The molecule has 1 heterocycles. The van der Waals surface area contributed by atoms with Gasteiger partial charge in [0.1, 0.15) is 30.5 Å². The zero-order valence-corrected chi connectivity index (χ0v) is 23.3. The van der Waals surface area contributed by atoms with Crippen molar-refractivity contribution >= 4 is 12.0 Å². The van der Waals surface area contributed by atoms with Crippen LogP contribution in [0.15, 0.2) is 78.1 Å². The number of pyridine rings is 1. The molecule has 6 nitrogen and oxygen atoms in total. The van der Waals surface area contributed by atoms with Crippen molar-refractivity contribution in [3.8, 4) is 11.5 Å². The fourth-order valence-electron chi connectivity index (χ4n) is 3.71. The molecule has 38 heavy (non-hydrogen) atoms. The predicted molar refractivity (Wildman–Crippen MR) is 153 cm³/mol. The van der Waals surface area contributed by atoms with E-state index in [9.17, 15) is 9.90 Å². The van der Waals surface area contributed by atoms with Gasteiger partial charge < -0.3 is 19.3 Å². The summed E-state index contributed by atoms with van der Waals surface area (Å²) in [6.45, 7) is 10.7. The first-order valence-corrected chi connectivity index (χ1v) is 13.5. The first-order valence-electron chi connectivity index (χ1n) is 13.5. The molecule has 0 saturated carbocycles. The van der Waals surface area contributed by atoms with Crippen LogP contribution in [-0.4, -0.2) is 28.8 Å². The van der Waals surface area contributed by atoms with Gasteiger partial charge in [-0.3, -0.25) is 0 Å². The molecule has 1 atom stereocenters. The molecule has 2 aromatic rings. The number of allylic oxidation sites excluding steroid dienone is 4. The number of carboxylic acid groups (broad SMARTS) is 1. The Bertz CT molecular complexity index is 1130. The van der Waals surface area contributed by atoms with Crippen molar-refractivity contribution < 1.29 is 24.1 Å². The number of carboxylic acids is 1. The normalized spacial score (nSPS) is 13.5. The van der Waals surface area contributed by atoms with Crippen LogP contribution in [0, 0.1) is 0 Å². The Kier molecular flexibility index (Phi) is 13.5. The number of hydrogen-bond donors (Lipinski definition) is 1. The van der Waals surface area contributed by atoms with Gasteiger partial charge in [-0.25, -0.2) is 9.78 Å². The minimum absolute atomic E-state index is 0.260. The maximum absolute atomic E-state index is 11.5. The van der Waals surface area contributed by atoms with Crippen molar-refractivity contribution in [2.75, 3.05) is 6.61 Å². The molecular formula is C32H41NO5. The Hall–Kier alpha value is -3.80. The quantitative estimate of drug-likeness (QED) is 0.292. The van der Waals surface area contributed by atoms with E-state index >= 15 is 0 Å². The summed E-state index contributed by atoms with van der Waals surface area (Å²) in [4.78, 5) is 16.2. The number of benzene rings is 1. The summed E-state index contributed by atoms with van der Waals surface area (Å²) < 4.78 is 17.7. The maximum Gasteiger partial charge on any atom is 0.344 e. The minimum atomic E-state index is -0.962. The summed E-state index contributed by atoms with van der Waals surface area (Å²) in [5.74, 6) is 0.973. The van der Waals surface area contributed by atoms with Crippen LogP contribution in [0.1, 0.15) is 70.8 Å². The average molecular weight is 520 g/mol.